The van der Waals surface area contributed by atoms with E-state index in [9.17, 15) is 4.79 Å². The lowest BCUT2D eigenvalue weighted by atomic mass is 10.0. The third kappa shape index (κ3) is 4.30. The second-order valence-corrected chi connectivity index (χ2v) is 5.53. The van der Waals surface area contributed by atoms with Crippen molar-refractivity contribution in [1.82, 2.24) is 9.80 Å². The van der Waals surface area contributed by atoms with E-state index in [0.29, 0.717) is 5.91 Å². The Balaban J connectivity index is 2.38. The summed E-state index contributed by atoms with van der Waals surface area (Å²) in [6, 6.07) is 0. The number of amides is 1. The highest BCUT2D eigenvalue weighted by atomic mass is 16.2. The van der Waals surface area contributed by atoms with Crippen LogP contribution in [0.2, 0.25) is 0 Å². The zero-order valence-electron chi connectivity index (χ0n) is 11.9. The summed E-state index contributed by atoms with van der Waals surface area (Å²) in [6.45, 7) is 13.8. The summed E-state index contributed by atoms with van der Waals surface area (Å²) in [7, 11) is 0. The lowest BCUT2D eigenvalue weighted by molar-refractivity contribution is -0.137. The van der Waals surface area contributed by atoms with E-state index in [1.54, 1.807) is 0 Å². The number of rotatable bonds is 5. The van der Waals surface area contributed by atoms with Crippen LogP contribution < -0.4 is 0 Å². The van der Waals surface area contributed by atoms with Crippen molar-refractivity contribution < 1.29 is 4.79 Å². The first-order valence-electron chi connectivity index (χ1n) is 7.09. The van der Waals surface area contributed by atoms with Gasteiger partial charge in [0.2, 0.25) is 5.91 Å². The summed E-state index contributed by atoms with van der Waals surface area (Å²) in [5, 5.41) is 0. The maximum absolute atomic E-state index is 12.2. The van der Waals surface area contributed by atoms with Gasteiger partial charge in [-0.15, -0.1) is 0 Å². The zero-order valence-corrected chi connectivity index (χ0v) is 11.9. The third-order valence-electron chi connectivity index (χ3n) is 3.64. The van der Waals surface area contributed by atoms with Crippen LogP contribution in [0.15, 0.2) is 0 Å². The van der Waals surface area contributed by atoms with E-state index < -0.39 is 0 Å². The normalized spacial score (nSPS) is 18.1. The van der Waals surface area contributed by atoms with Gasteiger partial charge in [0.25, 0.3) is 0 Å². The lowest BCUT2D eigenvalue weighted by Gasteiger charge is -2.37. The average molecular weight is 240 g/mol. The van der Waals surface area contributed by atoms with Gasteiger partial charge in [0, 0.05) is 38.6 Å². The largest absolute Gasteiger partial charge is 0.340 e. The molecule has 1 amide bonds. The van der Waals surface area contributed by atoms with Crippen LogP contribution in [-0.2, 0) is 4.79 Å². The summed E-state index contributed by atoms with van der Waals surface area (Å²) >= 11 is 0. The molecule has 1 aliphatic rings. The van der Waals surface area contributed by atoms with Gasteiger partial charge in [-0.3, -0.25) is 9.69 Å². The second-order valence-electron chi connectivity index (χ2n) is 5.53. The number of nitrogens with zero attached hydrogens (tertiary/aromatic N) is 2. The predicted molar refractivity (Wildman–Crippen MR) is 71.9 cm³/mol. The van der Waals surface area contributed by atoms with Gasteiger partial charge < -0.3 is 4.90 Å². The number of carbonyl (C=O) groups is 1. The van der Waals surface area contributed by atoms with E-state index in [2.05, 4.69) is 37.5 Å². The quantitative estimate of drug-likeness (QED) is 0.735. The Morgan fingerprint density at radius 3 is 2.00 bits per heavy atom. The molecule has 0 aliphatic carbocycles. The molecule has 100 valence electrons. The molecule has 1 fully saturated rings. The Kier molecular flexibility index (Phi) is 5.96. The highest BCUT2D eigenvalue weighted by molar-refractivity contribution is 5.78. The molecule has 0 atom stereocenters. The summed E-state index contributed by atoms with van der Waals surface area (Å²) in [5.41, 5.74) is 0. The maximum atomic E-state index is 12.2. The number of hydrogen-bond acceptors (Lipinski definition) is 2. The van der Waals surface area contributed by atoms with Crippen molar-refractivity contribution in [1.29, 1.82) is 0 Å². The van der Waals surface area contributed by atoms with Crippen LogP contribution in [0.25, 0.3) is 0 Å². The monoisotopic (exact) mass is 240 g/mol. The molecule has 1 rings (SSSR count). The molecule has 1 heterocycles. The van der Waals surface area contributed by atoms with Crippen LogP contribution in [0, 0.1) is 11.8 Å². The summed E-state index contributed by atoms with van der Waals surface area (Å²) in [5.74, 6) is 1.34. The molecule has 3 nitrogen and oxygen atoms in total. The first-order valence-corrected chi connectivity index (χ1v) is 7.09. The molecule has 0 spiro atoms. The SMILES string of the molecule is CCC(CC)C(=O)N1CCN(CC(C)C)CC1. The molecule has 0 saturated carbocycles. The van der Waals surface area contributed by atoms with Gasteiger partial charge in [-0.05, 0) is 18.8 Å². The molecule has 17 heavy (non-hydrogen) atoms. The topological polar surface area (TPSA) is 23.6 Å². The molecule has 3 heteroatoms. The van der Waals surface area contributed by atoms with Crippen LogP contribution in [0.4, 0.5) is 0 Å². The molecule has 0 aromatic heterocycles. The minimum Gasteiger partial charge on any atom is -0.340 e. The minimum absolute atomic E-state index is 0.242. The number of piperazine rings is 1. The van der Waals surface area contributed by atoms with E-state index in [1.807, 2.05) is 0 Å². The number of carbonyl (C=O) groups excluding carboxylic acids is 1. The highest BCUT2D eigenvalue weighted by Crippen LogP contribution is 2.14. The molecular formula is C14H28N2O. The van der Waals surface area contributed by atoms with Crippen LogP contribution in [0.1, 0.15) is 40.5 Å². The van der Waals surface area contributed by atoms with Crippen molar-refractivity contribution in [2.75, 3.05) is 32.7 Å². The highest BCUT2D eigenvalue weighted by Gasteiger charge is 2.25. The zero-order chi connectivity index (χ0) is 12.8. The molecule has 0 aromatic carbocycles. The van der Waals surface area contributed by atoms with Gasteiger partial charge >= 0.3 is 0 Å². The van der Waals surface area contributed by atoms with Gasteiger partial charge in [-0.1, -0.05) is 27.7 Å². The van der Waals surface area contributed by atoms with Crippen molar-refractivity contribution in [3.63, 3.8) is 0 Å². The van der Waals surface area contributed by atoms with Crippen molar-refractivity contribution in [3.8, 4) is 0 Å². The Morgan fingerprint density at radius 2 is 1.59 bits per heavy atom. The smallest absolute Gasteiger partial charge is 0.225 e. The molecule has 0 bridgehead atoms. The summed E-state index contributed by atoms with van der Waals surface area (Å²) in [4.78, 5) is 16.7. The Bertz CT molecular complexity index is 228. The van der Waals surface area contributed by atoms with Crippen molar-refractivity contribution in [2.24, 2.45) is 11.8 Å². The van der Waals surface area contributed by atoms with E-state index in [-0.39, 0.29) is 5.92 Å². The van der Waals surface area contributed by atoms with Gasteiger partial charge in [0.05, 0.1) is 0 Å². The Labute approximate surface area is 106 Å². The average Bonchev–Trinajstić information content (AvgIpc) is 2.30. The first-order chi connectivity index (χ1) is 8.08. The van der Waals surface area contributed by atoms with E-state index in [1.165, 1.54) is 0 Å². The molecular weight excluding hydrogens is 212 g/mol. The van der Waals surface area contributed by atoms with Crippen LogP contribution in [0.5, 0.6) is 0 Å². The molecule has 0 N–H and O–H groups in total. The predicted octanol–water partition coefficient (Wildman–Crippen LogP) is 2.22. The summed E-state index contributed by atoms with van der Waals surface area (Å²) in [6.07, 6.45) is 1.95. The van der Waals surface area contributed by atoms with E-state index >= 15 is 0 Å². The van der Waals surface area contributed by atoms with E-state index in [4.69, 9.17) is 0 Å². The first kappa shape index (κ1) is 14.5. The standard InChI is InChI=1S/C14H28N2O/c1-5-13(6-2)14(17)16-9-7-15(8-10-16)11-12(3)4/h12-13H,5-11H2,1-4H3. The molecule has 0 aromatic rings. The Morgan fingerprint density at radius 1 is 1.06 bits per heavy atom. The van der Waals surface area contributed by atoms with Gasteiger partial charge in [-0.25, -0.2) is 0 Å². The van der Waals surface area contributed by atoms with Crippen LogP contribution >= 0.6 is 0 Å². The van der Waals surface area contributed by atoms with Gasteiger partial charge in [-0.2, -0.15) is 0 Å². The fourth-order valence-corrected chi connectivity index (χ4v) is 2.56. The second kappa shape index (κ2) is 7.00. The lowest BCUT2D eigenvalue weighted by Crippen LogP contribution is -2.50. The molecule has 1 saturated heterocycles. The van der Waals surface area contributed by atoms with Crippen molar-refractivity contribution in [3.05, 3.63) is 0 Å². The van der Waals surface area contributed by atoms with Crippen molar-refractivity contribution in [2.45, 2.75) is 40.5 Å². The van der Waals surface area contributed by atoms with Gasteiger partial charge in [0.1, 0.15) is 0 Å². The fourth-order valence-electron chi connectivity index (χ4n) is 2.56. The van der Waals surface area contributed by atoms with Crippen molar-refractivity contribution >= 4 is 5.91 Å². The number of hydrogen-bond donors (Lipinski definition) is 0. The van der Waals surface area contributed by atoms with Crippen LogP contribution in [0.3, 0.4) is 0 Å². The fraction of sp³-hybridized carbons (Fsp3) is 0.929. The summed E-state index contributed by atoms with van der Waals surface area (Å²) < 4.78 is 0. The third-order valence-corrected chi connectivity index (χ3v) is 3.64. The van der Waals surface area contributed by atoms with Crippen LogP contribution in [-0.4, -0.2) is 48.4 Å². The molecule has 0 radical (unpaired) electrons. The Hall–Kier alpha value is -0.570. The van der Waals surface area contributed by atoms with Gasteiger partial charge in [0.15, 0.2) is 0 Å². The minimum atomic E-state index is 0.242. The van der Waals surface area contributed by atoms with E-state index in [0.717, 1.165) is 51.5 Å². The molecule has 1 aliphatic heterocycles. The molecule has 0 unspecified atom stereocenters. The maximum Gasteiger partial charge on any atom is 0.225 e.